The second-order valence-electron chi connectivity index (χ2n) is 4.35. The molecule has 0 aliphatic heterocycles. The normalized spacial score (nSPS) is 9.89. The number of pyridine rings is 1. The second kappa shape index (κ2) is 5.34. The summed E-state index contributed by atoms with van der Waals surface area (Å²) in [6, 6.07) is 7.59. The van der Waals surface area contributed by atoms with E-state index in [4.69, 9.17) is 11.6 Å². The van der Waals surface area contributed by atoms with Gasteiger partial charge in [-0.1, -0.05) is 29.7 Å². The van der Waals surface area contributed by atoms with E-state index in [-0.39, 0.29) is 10.5 Å². The molecule has 0 atom stereocenters. The van der Waals surface area contributed by atoms with Crippen LogP contribution in [-0.4, -0.2) is 4.98 Å². The van der Waals surface area contributed by atoms with Crippen molar-refractivity contribution in [3.63, 3.8) is 0 Å². The van der Waals surface area contributed by atoms with Crippen molar-refractivity contribution in [1.82, 2.24) is 4.98 Å². The molecule has 0 spiro atoms. The van der Waals surface area contributed by atoms with E-state index in [1.165, 1.54) is 0 Å². The van der Waals surface area contributed by atoms with Gasteiger partial charge in [0.15, 0.2) is 0 Å². The van der Waals surface area contributed by atoms with Gasteiger partial charge in [-0.25, -0.2) is 0 Å². The number of aryl methyl sites for hydroxylation is 2. The van der Waals surface area contributed by atoms with Gasteiger partial charge >= 0.3 is 0 Å². The zero-order valence-corrected chi connectivity index (χ0v) is 11.9. The number of halogens is 1. The Kier molecular flexibility index (Phi) is 3.78. The highest BCUT2D eigenvalue weighted by atomic mass is 35.5. The fourth-order valence-electron chi connectivity index (χ4n) is 2.06. The Morgan fingerprint density at radius 3 is 2.32 bits per heavy atom. The molecular formula is C16H14ClNO. The van der Waals surface area contributed by atoms with Crippen molar-refractivity contribution < 1.29 is 0 Å². The van der Waals surface area contributed by atoms with Crippen LogP contribution in [0.5, 0.6) is 0 Å². The third-order valence-electron chi connectivity index (χ3n) is 2.95. The zero-order chi connectivity index (χ0) is 14.0. The van der Waals surface area contributed by atoms with Gasteiger partial charge in [-0.05, 0) is 38.5 Å². The highest BCUT2D eigenvalue weighted by molar-refractivity contribution is 6.31. The van der Waals surface area contributed by atoms with Crippen molar-refractivity contribution in [2.75, 3.05) is 0 Å². The number of hydrogen-bond donors (Lipinski definition) is 1. The van der Waals surface area contributed by atoms with Gasteiger partial charge in [0.1, 0.15) is 5.02 Å². The van der Waals surface area contributed by atoms with Crippen molar-refractivity contribution in [3.05, 3.63) is 56.5 Å². The molecule has 2 nitrogen and oxygen atoms in total. The van der Waals surface area contributed by atoms with Crippen LogP contribution in [-0.2, 0) is 0 Å². The molecule has 2 aromatic rings. The van der Waals surface area contributed by atoms with E-state index in [0.717, 1.165) is 16.8 Å². The monoisotopic (exact) mass is 271 g/mol. The first kappa shape index (κ1) is 13.5. The van der Waals surface area contributed by atoms with Crippen LogP contribution in [0.1, 0.15) is 23.9 Å². The van der Waals surface area contributed by atoms with E-state index in [1.807, 2.05) is 31.2 Å². The van der Waals surface area contributed by atoms with Crippen molar-refractivity contribution in [1.29, 1.82) is 0 Å². The number of H-pyrrole nitrogens is 1. The average molecular weight is 272 g/mol. The van der Waals surface area contributed by atoms with Crippen LogP contribution >= 0.6 is 11.6 Å². The van der Waals surface area contributed by atoms with Crippen molar-refractivity contribution in [2.24, 2.45) is 0 Å². The van der Waals surface area contributed by atoms with Gasteiger partial charge in [-0.15, -0.1) is 5.92 Å². The van der Waals surface area contributed by atoms with Gasteiger partial charge in [-0.3, -0.25) is 4.79 Å². The van der Waals surface area contributed by atoms with Gasteiger partial charge in [0.05, 0.1) is 0 Å². The number of hydrogen-bond acceptors (Lipinski definition) is 1. The number of aromatic amines is 1. The molecular weight excluding hydrogens is 258 g/mol. The van der Waals surface area contributed by atoms with Crippen LogP contribution in [0.4, 0.5) is 0 Å². The lowest BCUT2D eigenvalue weighted by atomic mass is 10.0. The highest BCUT2D eigenvalue weighted by Crippen LogP contribution is 2.22. The molecule has 0 amide bonds. The zero-order valence-electron chi connectivity index (χ0n) is 11.1. The molecule has 19 heavy (non-hydrogen) atoms. The number of benzene rings is 1. The van der Waals surface area contributed by atoms with Gasteiger partial charge in [0.2, 0.25) is 5.43 Å². The molecule has 2 rings (SSSR count). The lowest BCUT2D eigenvalue weighted by Crippen LogP contribution is -2.11. The van der Waals surface area contributed by atoms with E-state index in [2.05, 4.69) is 16.8 Å². The van der Waals surface area contributed by atoms with Crippen LogP contribution in [0.15, 0.2) is 29.1 Å². The second-order valence-corrected chi connectivity index (χ2v) is 4.72. The lowest BCUT2D eigenvalue weighted by molar-refractivity contribution is 1.11. The Balaban J connectivity index is 2.61. The summed E-state index contributed by atoms with van der Waals surface area (Å²) in [4.78, 5) is 15.4. The van der Waals surface area contributed by atoms with Gasteiger partial charge in [0.25, 0.3) is 0 Å². The summed E-state index contributed by atoms with van der Waals surface area (Å²) in [6.07, 6.45) is 0. The summed E-state index contributed by atoms with van der Waals surface area (Å²) in [5, 5.41) is 0.248. The maximum Gasteiger partial charge on any atom is 0.208 e. The quantitative estimate of drug-likeness (QED) is 0.789. The SMILES string of the molecule is CC#Cc1ccc(-c2c(C)[nH]c(C)c(Cl)c2=O)cc1. The molecule has 0 radical (unpaired) electrons. The molecule has 0 bridgehead atoms. The molecule has 0 fully saturated rings. The van der Waals surface area contributed by atoms with Crippen LogP contribution in [0.3, 0.4) is 0 Å². The first-order valence-electron chi connectivity index (χ1n) is 5.96. The third kappa shape index (κ3) is 2.57. The topological polar surface area (TPSA) is 32.9 Å². The minimum atomic E-state index is -0.134. The largest absolute Gasteiger partial charge is 0.361 e. The number of aromatic nitrogens is 1. The molecule has 0 saturated heterocycles. The summed E-state index contributed by atoms with van der Waals surface area (Å²) in [5.41, 5.74) is 3.78. The molecule has 0 aliphatic carbocycles. The molecule has 1 aromatic carbocycles. The predicted octanol–water partition coefficient (Wildman–Crippen LogP) is 3.68. The Morgan fingerprint density at radius 2 is 1.74 bits per heavy atom. The first-order valence-corrected chi connectivity index (χ1v) is 6.34. The van der Waals surface area contributed by atoms with Crippen molar-refractivity contribution in [2.45, 2.75) is 20.8 Å². The third-order valence-corrected chi connectivity index (χ3v) is 3.40. The highest BCUT2D eigenvalue weighted by Gasteiger charge is 2.12. The molecule has 3 heteroatoms. The van der Waals surface area contributed by atoms with Gasteiger partial charge in [0, 0.05) is 22.5 Å². The molecule has 1 heterocycles. The van der Waals surface area contributed by atoms with E-state index in [1.54, 1.807) is 13.8 Å². The fraction of sp³-hybridized carbons (Fsp3) is 0.188. The number of rotatable bonds is 1. The fourth-order valence-corrected chi connectivity index (χ4v) is 2.20. The minimum Gasteiger partial charge on any atom is -0.361 e. The van der Waals surface area contributed by atoms with Crippen LogP contribution < -0.4 is 5.43 Å². The van der Waals surface area contributed by atoms with E-state index >= 15 is 0 Å². The maximum atomic E-state index is 12.2. The van der Waals surface area contributed by atoms with E-state index < -0.39 is 0 Å². The Labute approximate surface area is 117 Å². The molecule has 96 valence electrons. The summed E-state index contributed by atoms with van der Waals surface area (Å²) in [5.74, 6) is 5.82. The Hall–Kier alpha value is -1.98. The van der Waals surface area contributed by atoms with Crippen molar-refractivity contribution in [3.8, 4) is 23.0 Å². The summed E-state index contributed by atoms with van der Waals surface area (Å²) in [6.45, 7) is 5.46. The standard InChI is InChI=1S/C16H14ClNO/c1-4-5-12-6-8-13(9-7-12)14-10(2)18-11(3)15(17)16(14)19/h6-9H,1-3H3,(H,18,19). The summed E-state index contributed by atoms with van der Waals surface area (Å²) in [7, 11) is 0. The van der Waals surface area contributed by atoms with Gasteiger partial charge in [-0.2, -0.15) is 0 Å². The molecule has 1 N–H and O–H groups in total. The molecule has 0 saturated carbocycles. The van der Waals surface area contributed by atoms with Crippen LogP contribution in [0.25, 0.3) is 11.1 Å². The van der Waals surface area contributed by atoms with E-state index in [0.29, 0.717) is 11.3 Å². The van der Waals surface area contributed by atoms with Gasteiger partial charge < -0.3 is 4.98 Å². The summed E-state index contributed by atoms with van der Waals surface area (Å²) >= 11 is 6.02. The minimum absolute atomic E-state index is 0.134. The lowest BCUT2D eigenvalue weighted by Gasteiger charge is -2.08. The van der Waals surface area contributed by atoms with E-state index in [9.17, 15) is 4.79 Å². The molecule has 0 aliphatic rings. The predicted molar refractivity (Wildman–Crippen MR) is 79.5 cm³/mol. The first-order chi connectivity index (χ1) is 9.04. The number of nitrogens with one attached hydrogen (secondary N) is 1. The maximum absolute atomic E-state index is 12.2. The molecule has 1 aromatic heterocycles. The van der Waals surface area contributed by atoms with Crippen molar-refractivity contribution >= 4 is 11.6 Å². The van der Waals surface area contributed by atoms with Crippen LogP contribution in [0, 0.1) is 25.7 Å². The molecule has 0 unspecified atom stereocenters. The average Bonchev–Trinajstić information content (AvgIpc) is 2.38. The van der Waals surface area contributed by atoms with Crippen LogP contribution in [0.2, 0.25) is 5.02 Å². The Morgan fingerprint density at radius 1 is 1.11 bits per heavy atom. The Bertz CT molecular complexity index is 730. The summed E-state index contributed by atoms with van der Waals surface area (Å²) < 4.78 is 0. The smallest absolute Gasteiger partial charge is 0.208 e.